The number of nitrogens with one attached hydrogen (secondary N) is 1. The number of anilines is 1. The first-order chi connectivity index (χ1) is 13.9. The number of aromatic hydroxyl groups is 1. The number of methoxy groups -OCH3 is 2. The zero-order valence-corrected chi connectivity index (χ0v) is 16.9. The van der Waals surface area contributed by atoms with Crippen LogP contribution in [-0.2, 0) is 11.8 Å². The third-order valence-electron chi connectivity index (χ3n) is 4.18. The van der Waals surface area contributed by atoms with Crippen molar-refractivity contribution in [3.05, 3.63) is 67.6 Å². The van der Waals surface area contributed by atoms with Crippen LogP contribution in [0.15, 0.2) is 47.3 Å². The number of rotatable bonds is 5. The fraction of sp³-hybridized carbons (Fsp3) is 0.143. The van der Waals surface area contributed by atoms with Gasteiger partial charge in [0, 0.05) is 13.1 Å². The Balaban J connectivity index is 1.95. The number of para-hydroxylation sites is 2. The van der Waals surface area contributed by atoms with Crippen LogP contribution in [-0.4, -0.2) is 29.8 Å². The van der Waals surface area contributed by atoms with Gasteiger partial charge in [-0.05, 0) is 35.9 Å². The van der Waals surface area contributed by atoms with Gasteiger partial charge in [-0.1, -0.05) is 18.2 Å². The monoisotopic (exact) mass is 412 g/mol. The highest BCUT2D eigenvalue weighted by molar-refractivity contribution is 7.07. The minimum atomic E-state index is -0.375. The Kier molecular flexibility index (Phi) is 6.04. The summed E-state index contributed by atoms with van der Waals surface area (Å²) in [6.45, 7) is 0. The SMILES string of the molecule is COc1ccc(C=c2sc(=CC(=O)Nc3ccccc3OC)n(C)c2=O)cc1O. The van der Waals surface area contributed by atoms with Crippen LogP contribution < -0.4 is 29.5 Å². The lowest BCUT2D eigenvalue weighted by molar-refractivity contribution is -0.110. The second-order valence-corrected chi connectivity index (χ2v) is 7.14. The van der Waals surface area contributed by atoms with Crippen molar-refractivity contribution in [3.8, 4) is 17.2 Å². The van der Waals surface area contributed by atoms with Gasteiger partial charge in [-0.25, -0.2) is 0 Å². The van der Waals surface area contributed by atoms with E-state index in [1.807, 2.05) is 0 Å². The molecule has 0 spiro atoms. The molecule has 0 bridgehead atoms. The summed E-state index contributed by atoms with van der Waals surface area (Å²) in [5, 5.41) is 12.7. The maximum atomic E-state index is 12.5. The molecule has 1 amide bonds. The summed E-state index contributed by atoms with van der Waals surface area (Å²) in [6.07, 6.45) is 3.02. The van der Waals surface area contributed by atoms with E-state index in [0.29, 0.717) is 31.9 Å². The Morgan fingerprint density at radius 1 is 1.14 bits per heavy atom. The largest absolute Gasteiger partial charge is 0.504 e. The van der Waals surface area contributed by atoms with Crippen LogP contribution in [0.1, 0.15) is 5.56 Å². The van der Waals surface area contributed by atoms with E-state index in [9.17, 15) is 14.7 Å². The van der Waals surface area contributed by atoms with Gasteiger partial charge in [0.1, 0.15) is 10.4 Å². The van der Waals surface area contributed by atoms with Gasteiger partial charge in [0.05, 0.1) is 24.4 Å². The molecule has 0 aliphatic rings. The highest BCUT2D eigenvalue weighted by Crippen LogP contribution is 2.26. The van der Waals surface area contributed by atoms with Crippen LogP contribution >= 0.6 is 11.3 Å². The molecule has 0 aliphatic carbocycles. The van der Waals surface area contributed by atoms with Crippen LogP contribution in [0.2, 0.25) is 0 Å². The number of amides is 1. The summed E-state index contributed by atoms with van der Waals surface area (Å²) in [6, 6.07) is 11.9. The van der Waals surface area contributed by atoms with E-state index in [-0.39, 0.29) is 17.2 Å². The number of nitrogens with zero attached hydrogens (tertiary/aromatic N) is 1. The summed E-state index contributed by atoms with van der Waals surface area (Å²) in [4.78, 5) is 24.9. The number of carbonyl (C=O) groups excluding carboxylic acids is 1. The van der Waals surface area contributed by atoms with E-state index in [1.54, 1.807) is 49.5 Å². The van der Waals surface area contributed by atoms with Gasteiger partial charge in [-0.15, -0.1) is 11.3 Å². The molecule has 3 rings (SSSR count). The predicted molar refractivity (Wildman–Crippen MR) is 113 cm³/mol. The van der Waals surface area contributed by atoms with Gasteiger partial charge in [-0.2, -0.15) is 0 Å². The zero-order chi connectivity index (χ0) is 21.0. The minimum absolute atomic E-state index is 0.0161. The molecule has 3 aromatic rings. The lowest BCUT2D eigenvalue weighted by Gasteiger charge is -2.07. The molecule has 1 aromatic heterocycles. The van der Waals surface area contributed by atoms with E-state index in [0.717, 1.165) is 0 Å². The first-order valence-corrected chi connectivity index (χ1v) is 9.45. The molecule has 29 heavy (non-hydrogen) atoms. The number of benzene rings is 2. The normalized spacial score (nSPS) is 12.1. The van der Waals surface area contributed by atoms with E-state index >= 15 is 0 Å². The molecule has 0 radical (unpaired) electrons. The van der Waals surface area contributed by atoms with Crippen molar-refractivity contribution in [1.82, 2.24) is 4.57 Å². The molecule has 8 heteroatoms. The molecule has 2 aromatic carbocycles. The van der Waals surface area contributed by atoms with Crippen LogP contribution in [0.4, 0.5) is 5.69 Å². The Hall–Kier alpha value is -3.52. The van der Waals surface area contributed by atoms with Crippen molar-refractivity contribution in [2.75, 3.05) is 19.5 Å². The molecule has 150 valence electrons. The van der Waals surface area contributed by atoms with Crippen LogP contribution in [0, 0.1) is 0 Å². The molecule has 0 aliphatic heterocycles. The van der Waals surface area contributed by atoms with E-state index in [4.69, 9.17) is 9.47 Å². The molecule has 2 N–H and O–H groups in total. The third-order valence-corrected chi connectivity index (χ3v) is 5.29. The van der Waals surface area contributed by atoms with Crippen LogP contribution in [0.5, 0.6) is 17.2 Å². The van der Waals surface area contributed by atoms with Gasteiger partial charge in [0.2, 0.25) is 0 Å². The molecule has 0 atom stereocenters. The molecule has 1 heterocycles. The number of carbonyl (C=O) groups is 1. The maximum absolute atomic E-state index is 12.5. The number of ether oxygens (including phenoxy) is 2. The molecule has 7 nitrogen and oxygen atoms in total. The van der Waals surface area contributed by atoms with E-state index in [2.05, 4.69) is 5.32 Å². The summed E-state index contributed by atoms with van der Waals surface area (Å²) in [5.41, 5.74) is 0.951. The van der Waals surface area contributed by atoms with Crippen molar-refractivity contribution >= 4 is 35.1 Å². The van der Waals surface area contributed by atoms with E-state index < -0.39 is 0 Å². The molecule has 0 unspecified atom stereocenters. The standard InChI is InChI=1S/C21H20N2O5S/c1-23-20(12-19(25)22-14-6-4-5-7-16(14)27-2)29-18(21(23)26)11-13-8-9-17(28-3)15(24)10-13/h4-12,24H,1-3H3,(H,22,25). The number of hydrogen-bond donors (Lipinski definition) is 2. The summed E-state index contributed by atoms with van der Waals surface area (Å²) >= 11 is 1.18. The minimum Gasteiger partial charge on any atom is -0.504 e. The Bertz CT molecular complexity index is 1230. The van der Waals surface area contributed by atoms with Crippen molar-refractivity contribution in [3.63, 3.8) is 0 Å². The van der Waals surface area contributed by atoms with Crippen molar-refractivity contribution in [2.24, 2.45) is 7.05 Å². The first kappa shape index (κ1) is 20.2. The van der Waals surface area contributed by atoms with Gasteiger partial charge in [-0.3, -0.25) is 9.59 Å². The van der Waals surface area contributed by atoms with Gasteiger partial charge >= 0.3 is 0 Å². The van der Waals surface area contributed by atoms with Crippen LogP contribution in [0.3, 0.4) is 0 Å². The zero-order valence-electron chi connectivity index (χ0n) is 16.1. The average molecular weight is 412 g/mol. The summed E-state index contributed by atoms with van der Waals surface area (Å²) < 4.78 is 12.6. The van der Waals surface area contributed by atoms with Gasteiger partial charge < -0.3 is 24.5 Å². The lowest BCUT2D eigenvalue weighted by atomic mass is 10.2. The number of hydrogen-bond acceptors (Lipinski definition) is 6. The van der Waals surface area contributed by atoms with Gasteiger partial charge in [0.25, 0.3) is 11.5 Å². The lowest BCUT2D eigenvalue weighted by Crippen LogP contribution is -2.29. The molecule has 0 saturated carbocycles. The molecular weight excluding hydrogens is 392 g/mol. The fourth-order valence-corrected chi connectivity index (χ4v) is 3.72. The fourth-order valence-electron chi connectivity index (χ4n) is 2.68. The molecule has 0 fully saturated rings. The highest BCUT2D eigenvalue weighted by Gasteiger charge is 2.07. The third kappa shape index (κ3) is 4.49. The molecule has 0 saturated heterocycles. The summed E-state index contributed by atoms with van der Waals surface area (Å²) in [5.74, 6) is 0.503. The highest BCUT2D eigenvalue weighted by atomic mass is 32.1. The topological polar surface area (TPSA) is 89.8 Å². The molecular formula is C21H20N2O5S. The van der Waals surface area contributed by atoms with Crippen molar-refractivity contribution in [2.45, 2.75) is 0 Å². The number of thiazole rings is 1. The Morgan fingerprint density at radius 2 is 1.86 bits per heavy atom. The Morgan fingerprint density at radius 3 is 2.55 bits per heavy atom. The second-order valence-electron chi connectivity index (χ2n) is 6.08. The summed E-state index contributed by atoms with van der Waals surface area (Å²) in [7, 11) is 4.59. The van der Waals surface area contributed by atoms with E-state index in [1.165, 1.54) is 42.3 Å². The number of phenols is 1. The maximum Gasteiger partial charge on any atom is 0.268 e. The first-order valence-electron chi connectivity index (χ1n) is 8.63. The predicted octanol–water partition coefficient (Wildman–Crippen LogP) is 1.42. The number of aromatic nitrogens is 1. The average Bonchev–Trinajstić information content (AvgIpc) is 2.96. The second kappa shape index (κ2) is 8.66. The number of phenolic OH excluding ortho intramolecular Hbond substituents is 1. The smallest absolute Gasteiger partial charge is 0.268 e. The van der Waals surface area contributed by atoms with Crippen molar-refractivity contribution < 1.29 is 19.4 Å². The van der Waals surface area contributed by atoms with Crippen LogP contribution in [0.25, 0.3) is 12.2 Å². The van der Waals surface area contributed by atoms with Gasteiger partial charge in [0.15, 0.2) is 11.5 Å². The quantitative estimate of drug-likeness (QED) is 0.662. The van der Waals surface area contributed by atoms with Crippen molar-refractivity contribution in [1.29, 1.82) is 0 Å². The Labute approximate surface area is 170 Å².